The SMILES string of the molecule is CN1c2ccccc2C2(c3ccccc3-c3ccccc32)c2cccc(-c3cccc4c(-c5cccc6ccccc56)c5cccc(-c6cccc7c6N(C)c6ccccc6C76c7ccccc7-c7ccccc76)c5cc34)c21. The van der Waals surface area contributed by atoms with Crippen molar-refractivity contribution in [1.29, 1.82) is 0 Å². The van der Waals surface area contributed by atoms with Crippen LogP contribution in [0, 0.1) is 0 Å². The average molecular weight is 991 g/mol. The summed E-state index contributed by atoms with van der Waals surface area (Å²) in [6.07, 6.45) is 0. The number of hydrogen-bond donors (Lipinski definition) is 0. The summed E-state index contributed by atoms with van der Waals surface area (Å²) in [7, 11) is 4.56. The summed E-state index contributed by atoms with van der Waals surface area (Å²) in [6, 6.07) is 101. The van der Waals surface area contributed by atoms with E-state index in [1.165, 1.54) is 155 Å². The summed E-state index contributed by atoms with van der Waals surface area (Å²) in [5.41, 5.74) is 27.0. The van der Waals surface area contributed by atoms with Gasteiger partial charge < -0.3 is 9.80 Å². The normalized spacial score (nSPS) is 14.4. The summed E-state index contributed by atoms with van der Waals surface area (Å²) in [5.74, 6) is 0. The van der Waals surface area contributed by atoms with Crippen molar-refractivity contribution in [2.24, 2.45) is 0 Å². The molecule has 0 unspecified atom stereocenters. The lowest BCUT2D eigenvalue weighted by Crippen LogP contribution is -2.36. The lowest BCUT2D eigenvalue weighted by molar-refractivity contribution is 0.749. The maximum atomic E-state index is 2.54. The Morgan fingerprint density at radius 3 is 1.01 bits per heavy atom. The van der Waals surface area contributed by atoms with Gasteiger partial charge in [0.25, 0.3) is 0 Å². The monoisotopic (exact) mass is 990 g/mol. The van der Waals surface area contributed by atoms with Crippen molar-refractivity contribution in [2.45, 2.75) is 10.8 Å². The third kappa shape index (κ3) is 5.36. The molecule has 0 saturated carbocycles. The predicted molar refractivity (Wildman–Crippen MR) is 326 cm³/mol. The summed E-state index contributed by atoms with van der Waals surface area (Å²) in [4.78, 5) is 4.95. The van der Waals surface area contributed by atoms with E-state index in [4.69, 9.17) is 0 Å². The van der Waals surface area contributed by atoms with Gasteiger partial charge in [0.1, 0.15) is 0 Å². The largest absolute Gasteiger partial charge is 0.344 e. The second-order valence-electron chi connectivity index (χ2n) is 21.8. The molecule has 0 amide bonds. The van der Waals surface area contributed by atoms with Crippen LogP contribution in [-0.2, 0) is 10.8 Å². The molecule has 2 heteroatoms. The molecule has 2 heterocycles. The van der Waals surface area contributed by atoms with Gasteiger partial charge in [0.2, 0.25) is 0 Å². The lowest BCUT2D eigenvalue weighted by atomic mass is 9.64. The molecule has 0 atom stereocenters. The van der Waals surface area contributed by atoms with E-state index in [0.717, 1.165) is 0 Å². The molecule has 0 saturated heterocycles. The highest BCUT2D eigenvalue weighted by Crippen LogP contribution is 2.65. The van der Waals surface area contributed by atoms with Crippen molar-refractivity contribution in [2.75, 3.05) is 23.9 Å². The van der Waals surface area contributed by atoms with Gasteiger partial charge in [-0.05, 0) is 140 Å². The fourth-order valence-corrected chi connectivity index (χ4v) is 15.5. The Balaban J connectivity index is 0.985. The van der Waals surface area contributed by atoms with E-state index in [2.05, 4.69) is 291 Å². The van der Waals surface area contributed by atoms with Crippen molar-refractivity contribution in [1.82, 2.24) is 0 Å². The van der Waals surface area contributed by atoms with E-state index in [0.29, 0.717) is 0 Å². The number of fused-ring (bicyclic) bond motifs is 21. The zero-order chi connectivity index (χ0) is 51.4. The summed E-state index contributed by atoms with van der Waals surface area (Å²) in [6.45, 7) is 0. The van der Waals surface area contributed by atoms with Gasteiger partial charge >= 0.3 is 0 Å². The molecule has 13 aromatic rings. The van der Waals surface area contributed by atoms with E-state index < -0.39 is 10.8 Å². The molecule has 0 radical (unpaired) electrons. The van der Waals surface area contributed by atoms with Crippen LogP contribution in [0.15, 0.2) is 267 Å². The number of rotatable bonds is 3. The van der Waals surface area contributed by atoms with Crippen molar-refractivity contribution < 1.29 is 0 Å². The molecule has 0 fully saturated rings. The second kappa shape index (κ2) is 15.9. The third-order valence-electron chi connectivity index (χ3n) is 18.5. The Kier molecular flexibility index (Phi) is 8.86. The maximum absolute atomic E-state index is 2.54. The number of benzene rings is 13. The first-order valence-electron chi connectivity index (χ1n) is 27.4. The molecule has 17 rings (SSSR count). The summed E-state index contributed by atoms with van der Waals surface area (Å²) in [5, 5.41) is 7.38. The maximum Gasteiger partial charge on any atom is 0.0754 e. The number of hydrogen-bond acceptors (Lipinski definition) is 2. The third-order valence-corrected chi connectivity index (χ3v) is 18.5. The zero-order valence-electron chi connectivity index (χ0n) is 43.3. The highest BCUT2D eigenvalue weighted by atomic mass is 15.1. The van der Waals surface area contributed by atoms with Gasteiger partial charge in [0.05, 0.1) is 22.2 Å². The van der Waals surface area contributed by atoms with Crippen molar-refractivity contribution in [3.8, 4) is 55.6 Å². The zero-order valence-corrected chi connectivity index (χ0v) is 43.3. The van der Waals surface area contributed by atoms with Gasteiger partial charge in [0.15, 0.2) is 0 Å². The Morgan fingerprint density at radius 1 is 0.231 bits per heavy atom. The number of para-hydroxylation sites is 4. The molecule has 2 aliphatic heterocycles. The van der Waals surface area contributed by atoms with Crippen LogP contribution in [-0.4, -0.2) is 14.1 Å². The van der Waals surface area contributed by atoms with Crippen LogP contribution in [0.4, 0.5) is 22.7 Å². The minimum Gasteiger partial charge on any atom is -0.344 e. The topological polar surface area (TPSA) is 6.48 Å². The summed E-state index contributed by atoms with van der Waals surface area (Å²) < 4.78 is 0. The van der Waals surface area contributed by atoms with Gasteiger partial charge in [-0.2, -0.15) is 0 Å². The Labute approximate surface area is 454 Å². The molecule has 78 heavy (non-hydrogen) atoms. The Morgan fingerprint density at radius 2 is 0.538 bits per heavy atom. The highest BCUT2D eigenvalue weighted by Gasteiger charge is 2.53. The first-order valence-corrected chi connectivity index (χ1v) is 27.4. The molecule has 13 aromatic carbocycles. The molecule has 2 spiro atoms. The molecule has 4 aliphatic rings. The van der Waals surface area contributed by atoms with E-state index in [-0.39, 0.29) is 0 Å². The number of nitrogens with zero attached hydrogens (tertiary/aromatic N) is 2. The second-order valence-corrected chi connectivity index (χ2v) is 21.8. The smallest absolute Gasteiger partial charge is 0.0754 e. The van der Waals surface area contributed by atoms with Crippen LogP contribution in [0.2, 0.25) is 0 Å². The van der Waals surface area contributed by atoms with Crippen molar-refractivity contribution >= 4 is 55.1 Å². The van der Waals surface area contributed by atoms with Crippen LogP contribution in [0.3, 0.4) is 0 Å². The standard InChI is InChI=1S/C76H50N2/c1-77-70-44-15-13-40-66(70)75(62-36-9-5-25-51(62)52-26-6-10-37-63(52)75)68-42-20-34-58(73(68)77)49-29-18-32-56-60(49)46-61-50(30-19-33-57(61)72(56)55-31-17-23-47-22-3-4-24-48(47)55)59-35-21-43-69-74(59)78(2)71-45-16-14-41-67(71)76(69)64-38-11-7-27-53(64)54-28-8-12-39-65(54)76/h3-46H,1-2H3. The minimum absolute atomic E-state index is 0.519. The minimum atomic E-state index is -0.519. The van der Waals surface area contributed by atoms with E-state index in [1.54, 1.807) is 0 Å². The molecule has 2 aliphatic carbocycles. The highest BCUT2D eigenvalue weighted by molar-refractivity contribution is 6.22. The van der Waals surface area contributed by atoms with Crippen molar-refractivity contribution in [3.63, 3.8) is 0 Å². The van der Waals surface area contributed by atoms with Gasteiger partial charge in [-0.15, -0.1) is 0 Å². The van der Waals surface area contributed by atoms with Crippen LogP contribution < -0.4 is 9.80 Å². The fourth-order valence-electron chi connectivity index (χ4n) is 15.5. The quantitative estimate of drug-likeness (QED) is 0.163. The van der Waals surface area contributed by atoms with Gasteiger partial charge in [0, 0.05) is 36.6 Å². The van der Waals surface area contributed by atoms with E-state index in [9.17, 15) is 0 Å². The predicted octanol–water partition coefficient (Wildman–Crippen LogP) is 19.0. The van der Waals surface area contributed by atoms with Gasteiger partial charge in [-0.1, -0.05) is 249 Å². The number of anilines is 4. The van der Waals surface area contributed by atoms with Crippen LogP contribution in [0.1, 0.15) is 44.5 Å². The first-order chi connectivity index (χ1) is 38.6. The van der Waals surface area contributed by atoms with Crippen LogP contribution in [0.25, 0.3) is 88.0 Å². The lowest BCUT2D eigenvalue weighted by Gasteiger charge is -2.44. The van der Waals surface area contributed by atoms with Crippen LogP contribution in [0.5, 0.6) is 0 Å². The molecule has 2 nitrogen and oxygen atoms in total. The van der Waals surface area contributed by atoms with Gasteiger partial charge in [-0.25, -0.2) is 0 Å². The average Bonchev–Trinajstić information content (AvgIpc) is 3.97. The molecular weight excluding hydrogens is 941 g/mol. The van der Waals surface area contributed by atoms with Crippen molar-refractivity contribution in [3.05, 3.63) is 311 Å². The molecular formula is C76H50N2. The van der Waals surface area contributed by atoms with E-state index in [1.807, 2.05) is 0 Å². The molecule has 0 N–H and O–H groups in total. The summed E-state index contributed by atoms with van der Waals surface area (Å²) >= 11 is 0. The van der Waals surface area contributed by atoms with Crippen LogP contribution >= 0.6 is 0 Å². The molecule has 364 valence electrons. The van der Waals surface area contributed by atoms with Gasteiger partial charge in [-0.3, -0.25) is 0 Å². The Bertz CT molecular complexity index is 4390. The Hall–Kier alpha value is -9.76. The first kappa shape index (κ1) is 43.5. The molecule has 0 aromatic heterocycles. The fraction of sp³-hybridized carbons (Fsp3) is 0.0526. The molecule has 0 bridgehead atoms. The van der Waals surface area contributed by atoms with E-state index >= 15 is 0 Å².